The maximum absolute atomic E-state index is 13.2. The number of nitrogens with one attached hydrogen (secondary N) is 1. The summed E-state index contributed by atoms with van der Waals surface area (Å²) in [6.07, 6.45) is 0. The molecule has 2 aromatic rings. The lowest BCUT2D eigenvalue weighted by molar-refractivity contribution is 0.102. The normalized spacial score (nSPS) is 10.7. The Morgan fingerprint density at radius 2 is 2.05 bits per heavy atom. The number of hydrogen-bond donors (Lipinski definition) is 2. The molecule has 0 unspecified atom stereocenters. The maximum Gasteiger partial charge on any atom is 0.255 e. The molecule has 0 bridgehead atoms. The molecule has 1 aromatic carbocycles. The van der Waals surface area contributed by atoms with E-state index in [9.17, 15) is 9.18 Å². The van der Waals surface area contributed by atoms with Crippen molar-refractivity contribution in [2.24, 2.45) is 0 Å². The minimum atomic E-state index is -0.425. The van der Waals surface area contributed by atoms with Gasteiger partial charge in [-0.05, 0) is 52.2 Å². The Bertz CT molecular complexity index is 689. The van der Waals surface area contributed by atoms with Gasteiger partial charge in [0.1, 0.15) is 11.6 Å². The fourth-order valence-corrected chi connectivity index (χ4v) is 2.13. The van der Waals surface area contributed by atoms with E-state index in [2.05, 4.69) is 26.2 Å². The highest BCUT2D eigenvalue weighted by Gasteiger charge is 2.13. The monoisotopic (exact) mass is 351 g/mol. The van der Waals surface area contributed by atoms with E-state index < -0.39 is 5.82 Å². The van der Waals surface area contributed by atoms with Crippen molar-refractivity contribution >= 4 is 33.3 Å². The van der Waals surface area contributed by atoms with E-state index in [1.807, 2.05) is 13.8 Å². The van der Waals surface area contributed by atoms with Crippen LogP contribution in [0.25, 0.3) is 0 Å². The number of nitrogen functional groups attached to an aromatic ring is 1. The van der Waals surface area contributed by atoms with Crippen LogP contribution in [0.3, 0.4) is 0 Å². The van der Waals surface area contributed by atoms with E-state index in [0.29, 0.717) is 15.7 Å². The highest BCUT2D eigenvalue weighted by molar-refractivity contribution is 9.10. The van der Waals surface area contributed by atoms with E-state index in [0.717, 1.165) is 5.69 Å². The number of halogens is 2. The molecule has 1 aromatic heterocycles. The largest absolute Gasteiger partial charge is 0.384 e. The van der Waals surface area contributed by atoms with Gasteiger partial charge in [0, 0.05) is 15.7 Å². The number of anilines is 2. The molecule has 21 heavy (non-hydrogen) atoms. The molecule has 0 aliphatic carbocycles. The molecule has 0 atom stereocenters. The van der Waals surface area contributed by atoms with Crippen LogP contribution in [0.15, 0.2) is 34.8 Å². The van der Waals surface area contributed by atoms with Crippen molar-refractivity contribution < 1.29 is 9.18 Å². The molecule has 0 radical (unpaired) electrons. The molecule has 0 fully saturated rings. The number of benzene rings is 1. The average Bonchev–Trinajstić information content (AvgIpc) is 2.42. The molecule has 0 spiro atoms. The lowest BCUT2D eigenvalue weighted by Crippen LogP contribution is -2.14. The SMILES string of the molecule is CC(C)c1cc(C(=O)Nc2cc(F)ccc2Br)cc(N)n1. The zero-order valence-electron chi connectivity index (χ0n) is 11.7. The number of aromatic nitrogens is 1. The Labute approximate surface area is 130 Å². The Morgan fingerprint density at radius 1 is 1.33 bits per heavy atom. The molecule has 0 saturated heterocycles. The van der Waals surface area contributed by atoms with Gasteiger partial charge >= 0.3 is 0 Å². The molecular formula is C15H15BrFN3O. The molecule has 0 aliphatic heterocycles. The molecule has 2 rings (SSSR count). The van der Waals surface area contributed by atoms with Gasteiger partial charge in [0.15, 0.2) is 0 Å². The van der Waals surface area contributed by atoms with Gasteiger partial charge in [-0.2, -0.15) is 0 Å². The van der Waals surface area contributed by atoms with Crippen LogP contribution in [0.4, 0.5) is 15.9 Å². The van der Waals surface area contributed by atoms with Gasteiger partial charge in [-0.15, -0.1) is 0 Å². The van der Waals surface area contributed by atoms with Gasteiger partial charge in [0.05, 0.1) is 5.69 Å². The number of nitrogens with zero attached hydrogens (tertiary/aromatic N) is 1. The maximum atomic E-state index is 13.2. The minimum absolute atomic E-state index is 0.154. The average molecular weight is 352 g/mol. The highest BCUT2D eigenvalue weighted by Crippen LogP contribution is 2.24. The van der Waals surface area contributed by atoms with Crippen molar-refractivity contribution in [3.63, 3.8) is 0 Å². The molecule has 4 nitrogen and oxygen atoms in total. The van der Waals surface area contributed by atoms with Crippen LogP contribution in [0.1, 0.15) is 35.8 Å². The van der Waals surface area contributed by atoms with Crippen molar-refractivity contribution in [3.8, 4) is 0 Å². The number of rotatable bonds is 3. The van der Waals surface area contributed by atoms with Crippen molar-refractivity contribution in [3.05, 3.63) is 51.9 Å². The second-order valence-electron chi connectivity index (χ2n) is 4.94. The first-order valence-corrected chi connectivity index (χ1v) is 7.20. The first-order valence-electron chi connectivity index (χ1n) is 6.40. The van der Waals surface area contributed by atoms with E-state index in [1.54, 1.807) is 6.07 Å². The molecular weight excluding hydrogens is 337 g/mol. The van der Waals surface area contributed by atoms with Crippen LogP contribution in [-0.2, 0) is 0 Å². The summed E-state index contributed by atoms with van der Waals surface area (Å²) in [7, 11) is 0. The lowest BCUT2D eigenvalue weighted by Gasteiger charge is -2.11. The summed E-state index contributed by atoms with van der Waals surface area (Å²) in [6, 6.07) is 7.26. The minimum Gasteiger partial charge on any atom is -0.384 e. The van der Waals surface area contributed by atoms with E-state index in [1.165, 1.54) is 24.3 Å². The number of pyridine rings is 1. The Hall–Kier alpha value is -1.95. The summed E-state index contributed by atoms with van der Waals surface area (Å²) in [5, 5.41) is 2.65. The van der Waals surface area contributed by atoms with Crippen LogP contribution in [0.2, 0.25) is 0 Å². The number of hydrogen-bond acceptors (Lipinski definition) is 3. The molecule has 1 amide bonds. The third kappa shape index (κ3) is 3.78. The van der Waals surface area contributed by atoms with Gasteiger partial charge in [0.25, 0.3) is 5.91 Å². The number of carbonyl (C=O) groups is 1. The van der Waals surface area contributed by atoms with Crippen molar-refractivity contribution in [1.82, 2.24) is 4.98 Å². The van der Waals surface area contributed by atoms with Gasteiger partial charge in [-0.1, -0.05) is 13.8 Å². The number of amides is 1. The summed E-state index contributed by atoms with van der Waals surface area (Å²) >= 11 is 3.27. The quantitative estimate of drug-likeness (QED) is 0.879. The highest BCUT2D eigenvalue weighted by atomic mass is 79.9. The predicted molar refractivity (Wildman–Crippen MR) is 84.8 cm³/mol. The van der Waals surface area contributed by atoms with E-state index in [4.69, 9.17) is 5.73 Å². The number of nitrogens with two attached hydrogens (primary N) is 1. The second-order valence-corrected chi connectivity index (χ2v) is 5.79. The molecule has 0 saturated carbocycles. The summed E-state index contributed by atoms with van der Waals surface area (Å²) in [4.78, 5) is 16.4. The van der Waals surface area contributed by atoms with Crippen LogP contribution in [0.5, 0.6) is 0 Å². The van der Waals surface area contributed by atoms with Crippen molar-refractivity contribution in [2.45, 2.75) is 19.8 Å². The Balaban J connectivity index is 2.30. The van der Waals surface area contributed by atoms with Crippen LogP contribution < -0.4 is 11.1 Å². The fourth-order valence-electron chi connectivity index (χ4n) is 1.79. The van der Waals surface area contributed by atoms with Gasteiger partial charge < -0.3 is 11.1 Å². The van der Waals surface area contributed by atoms with Crippen molar-refractivity contribution in [2.75, 3.05) is 11.1 Å². The lowest BCUT2D eigenvalue weighted by atomic mass is 10.1. The van der Waals surface area contributed by atoms with E-state index >= 15 is 0 Å². The van der Waals surface area contributed by atoms with Crippen LogP contribution in [-0.4, -0.2) is 10.9 Å². The summed E-state index contributed by atoms with van der Waals surface area (Å²) in [5.41, 5.74) is 7.21. The zero-order valence-corrected chi connectivity index (χ0v) is 13.2. The standard InChI is InChI=1S/C15H15BrFN3O/c1-8(2)12-5-9(6-14(18)19-12)15(21)20-13-7-10(17)3-4-11(13)16/h3-8H,1-2H3,(H2,18,19)(H,20,21). The van der Waals surface area contributed by atoms with Crippen LogP contribution >= 0.6 is 15.9 Å². The summed E-state index contributed by atoms with van der Waals surface area (Å²) in [6.45, 7) is 3.93. The zero-order chi connectivity index (χ0) is 15.6. The summed E-state index contributed by atoms with van der Waals surface area (Å²) in [5.74, 6) is -0.353. The molecule has 6 heteroatoms. The topological polar surface area (TPSA) is 68.0 Å². The first-order chi connectivity index (χ1) is 9.86. The third-order valence-corrected chi connectivity index (χ3v) is 3.59. The molecule has 1 heterocycles. The molecule has 3 N–H and O–H groups in total. The Kier molecular flexibility index (Phi) is 4.57. The fraction of sp³-hybridized carbons (Fsp3) is 0.200. The van der Waals surface area contributed by atoms with Gasteiger partial charge in [-0.25, -0.2) is 9.37 Å². The van der Waals surface area contributed by atoms with Gasteiger partial charge in [0.2, 0.25) is 0 Å². The second kappa shape index (κ2) is 6.22. The summed E-state index contributed by atoms with van der Waals surface area (Å²) < 4.78 is 13.8. The van der Waals surface area contributed by atoms with Crippen LogP contribution in [0, 0.1) is 5.82 Å². The van der Waals surface area contributed by atoms with Gasteiger partial charge in [-0.3, -0.25) is 4.79 Å². The molecule has 110 valence electrons. The third-order valence-electron chi connectivity index (χ3n) is 2.90. The predicted octanol–water partition coefficient (Wildman–Crippen LogP) is 3.94. The number of carbonyl (C=O) groups excluding carboxylic acids is 1. The van der Waals surface area contributed by atoms with E-state index in [-0.39, 0.29) is 17.6 Å². The molecule has 0 aliphatic rings. The smallest absolute Gasteiger partial charge is 0.255 e. The Morgan fingerprint density at radius 3 is 2.71 bits per heavy atom. The van der Waals surface area contributed by atoms with Crippen molar-refractivity contribution in [1.29, 1.82) is 0 Å². The first kappa shape index (κ1) is 15.4.